The van der Waals surface area contributed by atoms with Crippen molar-refractivity contribution in [3.63, 3.8) is 0 Å². The number of carbonyl (C=O) groups is 2. The Morgan fingerprint density at radius 3 is 3.00 bits per heavy atom. The van der Waals surface area contributed by atoms with Crippen molar-refractivity contribution in [1.82, 2.24) is 24.6 Å². The molecule has 5 rings (SSSR count). The fourth-order valence-corrected chi connectivity index (χ4v) is 5.47. The summed E-state index contributed by atoms with van der Waals surface area (Å²) in [4.78, 5) is 37.2. The van der Waals surface area contributed by atoms with Gasteiger partial charge < -0.3 is 15.0 Å². The first-order chi connectivity index (χ1) is 15.7. The minimum atomic E-state index is -0.108. The number of carbonyl (C=O) groups excluding carboxylic acids is 2. The Morgan fingerprint density at radius 2 is 2.16 bits per heavy atom. The summed E-state index contributed by atoms with van der Waals surface area (Å²) in [6, 6.07) is 9.88. The Bertz CT molecular complexity index is 1260. The maximum Gasteiger partial charge on any atom is 0.274 e. The second-order valence-corrected chi connectivity index (χ2v) is 8.83. The van der Waals surface area contributed by atoms with Crippen LogP contribution in [0, 0.1) is 0 Å². The number of amides is 2. The van der Waals surface area contributed by atoms with Crippen LogP contribution >= 0.6 is 11.3 Å². The van der Waals surface area contributed by atoms with Gasteiger partial charge in [0.05, 0.1) is 11.5 Å². The van der Waals surface area contributed by atoms with E-state index in [-0.39, 0.29) is 17.7 Å². The van der Waals surface area contributed by atoms with E-state index in [0.717, 1.165) is 26.9 Å². The van der Waals surface area contributed by atoms with Gasteiger partial charge in [-0.2, -0.15) is 0 Å². The second kappa shape index (κ2) is 8.68. The Kier molecular flexibility index (Phi) is 5.59. The Balaban J connectivity index is 1.41. The molecule has 1 aliphatic heterocycles. The number of hydrogen-bond acceptors (Lipinski definition) is 6. The van der Waals surface area contributed by atoms with E-state index in [0.29, 0.717) is 37.7 Å². The molecule has 9 heteroatoms. The molecule has 1 aromatic carbocycles. The normalized spacial score (nSPS) is 16.2. The van der Waals surface area contributed by atoms with Crippen LogP contribution < -0.4 is 5.32 Å². The molecule has 1 N–H and O–H groups in total. The number of methoxy groups -OCH3 is 1. The third-order valence-corrected chi connectivity index (χ3v) is 6.96. The molecular weight excluding hydrogens is 426 g/mol. The van der Waals surface area contributed by atoms with E-state index in [1.807, 2.05) is 29.3 Å². The van der Waals surface area contributed by atoms with Gasteiger partial charge in [0, 0.05) is 56.0 Å². The number of thiophene rings is 1. The number of benzene rings is 1. The molecule has 0 aliphatic carbocycles. The molecule has 0 bridgehead atoms. The van der Waals surface area contributed by atoms with Crippen LogP contribution in [0.3, 0.4) is 0 Å². The quantitative estimate of drug-likeness (QED) is 0.457. The number of aromatic nitrogens is 3. The first kappa shape index (κ1) is 20.6. The lowest BCUT2D eigenvalue weighted by Gasteiger charge is -2.16. The van der Waals surface area contributed by atoms with Crippen molar-refractivity contribution in [3.05, 3.63) is 65.1 Å². The summed E-state index contributed by atoms with van der Waals surface area (Å²) < 4.78 is 7.88. The molecule has 0 radical (unpaired) electrons. The topological polar surface area (TPSA) is 88.8 Å². The van der Waals surface area contributed by atoms with Crippen LogP contribution in [0.25, 0.3) is 15.9 Å². The molecule has 1 saturated heterocycles. The van der Waals surface area contributed by atoms with Crippen LogP contribution in [0.15, 0.2) is 48.9 Å². The van der Waals surface area contributed by atoms with E-state index < -0.39 is 0 Å². The van der Waals surface area contributed by atoms with E-state index in [2.05, 4.69) is 21.4 Å². The van der Waals surface area contributed by atoms with Gasteiger partial charge in [-0.3, -0.25) is 14.0 Å². The molecule has 0 saturated carbocycles. The van der Waals surface area contributed by atoms with E-state index in [1.54, 1.807) is 30.0 Å². The van der Waals surface area contributed by atoms with E-state index >= 15 is 0 Å². The second-order valence-electron chi connectivity index (χ2n) is 7.78. The SMILES string of the molecule is COCCNC(=O)c1sc2ccccc2c1[C@@H]1CCN(C(=O)c2cn3cccnc3n2)C1. The monoisotopic (exact) mass is 449 g/mol. The molecule has 32 heavy (non-hydrogen) atoms. The fraction of sp³-hybridized carbons (Fsp3) is 0.304. The van der Waals surface area contributed by atoms with Gasteiger partial charge in [-0.25, -0.2) is 9.97 Å². The summed E-state index contributed by atoms with van der Waals surface area (Å²) in [6.45, 7) is 2.10. The average molecular weight is 450 g/mol. The van der Waals surface area contributed by atoms with Gasteiger partial charge in [0.2, 0.25) is 5.78 Å². The third kappa shape index (κ3) is 3.74. The summed E-state index contributed by atoms with van der Waals surface area (Å²) in [6.07, 6.45) is 6.00. The molecule has 0 spiro atoms. The van der Waals surface area contributed by atoms with Crippen LogP contribution in [0.1, 0.15) is 38.1 Å². The lowest BCUT2D eigenvalue weighted by Crippen LogP contribution is -2.29. The van der Waals surface area contributed by atoms with Crippen molar-refractivity contribution in [2.75, 3.05) is 33.4 Å². The van der Waals surface area contributed by atoms with E-state index in [1.165, 1.54) is 11.3 Å². The highest BCUT2D eigenvalue weighted by Crippen LogP contribution is 2.40. The molecule has 3 aromatic heterocycles. The summed E-state index contributed by atoms with van der Waals surface area (Å²) in [5, 5.41) is 4.03. The van der Waals surface area contributed by atoms with Gasteiger partial charge in [-0.1, -0.05) is 18.2 Å². The highest BCUT2D eigenvalue weighted by molar-refractivity contribution is 7.21. The summed E-state index contributed by atoms with van der Waals surface area (Å²) in [5.74, 6) is 0.400. The third-order valence-electron chi connectivity index (χ3n) is 5.77. The van der Waals surface area contributed by atoms with Crippen LogP contribution in [-0.4, -0.2) is 64.4 Å². The van der Waals surface area contributed by atoms with Gasteiger partial charge in [0.1, 0.15) is 5.69 Å². The molecule has 1 atom stereocenters. The van der Waals surface area contributed by atoms with Gasteiger partial charge in [-0.05, 0) is 29.5 Å². The first-order valence-electron chi connectivity index (χ1n) is 10.5. The zero-order valence-corrected chi connectivity index (χ0v) is 18.5. The maximum absolute atomic E-state index is 13.1. The minimum absolute atomic E-state index is 0.0885. The van der Waals surface area contributed by atoms with Gasteiger partial charge >= 0.3 is 0 Å². The van der Waals surface area contributed by atoms with E-state index in [4.69, 9.17) is 4.74 Å². The van der Waals surface area contributed by atoms with Crippen molar-refractivity contribution in [3.8, 4) is 0 Å². The largest absolute Gasteiger partial charge is 0.383 e. The van der Waals surface area contributed by atoms with Crippen molar-refractivity contribution < 1.29 is 14.3 Å². The zero-order valence-electron chi connectivity index (χ0n) is 17.7. The smallest absolute Gasteiger partial charge is 0.274 e. The van der Waals surface area contributed by atoms with Gasteiger partial charge in [0.25, 0.3) is 11.8 Å². The molecule has 2 amide bonds. The number of likely N-dealkylation sites (tertiary alicyclic amines) is 1. The van der Waals surface area contributed by atoms with Crippen LogP contribution in [0.5, 0.6) is 0 Å². The van der Waals surface area contributed by atoms with E-state index in [9.17, 15) is 9.59 Å². The number of rotatable bonds is 6. The van der Waals surface area contributed by atoms with Crippen molar-refractivity contribution >= 4 is 39.0 Å². The molecule has 4 aromatic rings. The van der Waals surface area contributed by atoms with Crippen LogP contribution in [0.2, 0.25) is 0 Å². The van der Waals surface area contributed by atoms with Crippen LogP contribution in [0.4, 0.5) is 0 Å². The van der Waals surface area contributed by atoms with Crippen molar-refractivity contribution in [2.45, 2.75) is 12.3 Å². The summed E-state index contributed by atoms with van der Waals surface area (Å²) >= 11 is 1.51. The van der Waals surface area contributed by atoms with Gasteiger partial charge in [0.15, 0.2) is 0 Å². The Labute approximate surface area is 188 Å². The lowest BCUT2D eigenvalue weighted by molar-refractivity contribution is 0.0785. The Hall–Kier alpha value is -3.30. The zero-order chi connectivity index (χ0) is 22.1. The standard InChI is InChI=1S/C23H23N5O3S/c1-31-12-9-24-21(29)20-19(16-5-2-3-6-18(16)32-20)15-7-11-27(13-15)22(30)17-14-28-10-4-8-25-23(28)26-17/h2-6,8,10,14-15H,7,9,11-13H2,1H3,(H,24,29)/t15-/m1/s1. The number of ether oxygens (including phenoxy) is 1. The minimum Gasteiger partial charge on any atom is -0.383 e. The number of nitrogens with zero attached hydrogens (tertiary/aromatic N) is 4. The number of hydrogen-bond donors (Lipinski definition) is 1. The average Bonchev–Trinajstić information content (AvgIpc) is 3.54. The summed E-state index contributed by atoms with van der Waals surface area (Å²) in [5.41, 5.74) is 1.42. The molecule has 164 valence electrons. The van der Waals surface area contributed by atoms with Crippen molar-refractivity contribution in [1.29, 1.82) is 0 Å². The number of fused-ring (bicyclic) bond motifs is 2. The number of imidazole rings is 1. The lowest BCUT2D eigenvalue weighted by atomic mass is 9.95. The van der Waals surface area contributed by atoms with Gasteiger partial charge in [-0.15, -0.1) is 11.3 Å². The molecule has 8 nitrogen and oxygen atoms in total. The highest BCUT2D eigenvalue weighted by atomic mass is 32.1. The number of nitrogens with one attached hydrogen (secondary N) is 1. The molecular formula is C23H23N5O3S. The predicted octanol–water partition coefficient (Wildman–Crippen LogP) is 2.95. The van der Waals surface area contributed by atoms with Crippen molar-refractivity contribution in [2.24, 2.45) is 0 Å². The summed E-state index contributed by atoms with van der Waals surface area (Å²) in [7, 11) is 1.61. The molecule has 4 heterocycles. The molecule has 0 unspecified atom stereocenters. The van der Waals surface area contributed by atoms with Crippen LogP contribution in [-0.2, 0) is 4.74 Å². The fourth-order valence-electron chi connectivity index (χ4n) is 4.26. The Morgan fingerprint density at radius 1 is 1.28 bits per heavy atom. The molecule has 1 aliphatic rings. The predicted molar refractivity (Wildman–Crippen MR) is 122 cm³/mol. The first-order valence-corrected chi connectivity index (χ1v) is 11.3. The maximum atomic E-state index is 13.1. The molecule has 1 fully saturated rings. The highest BCUT2D eigenvalue weighted by Gasteiger charge is 2.33.